The molecule has 0 rings (SSSR count). The van der Waals surface area contributed by atoms with Gasteiger partial charge in [-0.3, -0.25) is 4.79 Å². The molecule has 0 aromatic carbocycles. The largest absolute Gasteiger partial charge is 0.379 e. The lowest BCUT2D eigenvalue weighted by atomic mass is 10.7. The number of carbonyl (C=O) groups excluding carboxylic acids is 1. The summed E-state index contributed by atoms with van der Waals surface area (Å²) < 4.78 is 10.3. The average molecular weight is 233 g/mol. The van der Waals surface area contributed by atoms with Crippen LogP contribution in [0.25, 0.3) is 10.4 Å². The van der Waals surface area contributed by atoms with Gasteiger partial charge in [-0.15, -0.1) is 0 Å². The molecule has 0 fully saturated rings. The zero-order valence-corrected chi connectivity index (χ0v) is 9.53. The number of ether oxygens (including phenoxy) is 2. The third-order valence-electron chi connectivity index (χ3n) is 1.30. The van der Waals surface area contributed by atoms with E-state index in [9.17, 15) is 4.79 Å². The van der Waals surface area contributed by atoms with Gasteiger partial charge in [-0.2, -0.15) is 0 Å². The normalized spacial score (nSPS) is 9.67. The van der Waals surface area contributed by atoms with Crippen LogP contribution in [0.2, 0.25) is 0 Å². The molecule has 6 nitrogen and oxygen atoms in total. The summed E-state index contributed by atoms with van der Waals surface area (Å²) in [6, 6.07) is 0. The zero-order valence-electron chi connectivity index (χ0n) is 8.72. The number of nitrogens with zero attached hydrogens (tertiary/aromatic N) is 3. The van der Waals surface area contributed by atoms with E-state index in [0.717, 1.165) is 0 Å². The van der Waals surface area contributed by atoms with Crippen molar-refractivity contribution in [1.82, 2.24) is 0 Å². The first-order chi connectivity index (χ1) is 7.27. The van der Waals surface area contributed by atoms with Gasteiger partial charge in [0.1, 0.15) is 0 Å². The molecule has 0 spiro atoms. The molecule has 15 heavy (non-hydrogen) atoms. The van der Waals surface area contributed by atoms with Gasteiger partial charge in [0.05, 0.1) is 26.4 Å². The first kappa shape index (κ1) is 14.2. The van der Waals surface area contributed by atoms with E-state index in [2.05, 4.69) is 10.0 Å². The highest BCUT2D eigenvalue weighted by atomic mass is 32.2. The van der Waals surface area contributed by atoms with Gasteiger partial charge in [-0.05, 0) is 5.53 Å². The molecule has 0 saturated heterocycles. The minimum absolute atomic E-state index is 0.101. The molecule has 0 heterocycles. The summed E-state index contributed by atoms with van der Waals surface area (Å²) in [5.41, 5.74) is 7.96. The smallest absolute Gasteiger partial charge is 0.185 e. The fourth-order valence-corrected chi connectivity index (χ4v) is 1.21. The fourth-order valence-electron chi connectivity index (χ4n) is 0.716. The molecular weight excluding hydrogens is 218 g/mol. The van der Waals surface area contributed by atoms with Gasteiger partial charge in [-0.25, -0.2) is 0 Å². The molecular formula is C8H15N3O3S. The second-order valence-corrected chi connectivity index (χ2v) is 3.79. The van der Waals surface area contributed by atoms with Crippen molar-refractivity contribution in [2.75, 3.05) is 38.7 Å². The fraction of sp³-hybridized carbons (Fsp3) is 0.875. The van der Waals surface area contributed by atoms with E-state index >= 15 is 0 Å². The molecule has 7 heteroatoms. The Morgan fingerprint density at radius 2 is 2.00 bits per heavy atom. The third kappa shape index (κ3) is 13.2. The van der Waals surface area contributed by atoms with Crippen LogP contribution in [0.5, 0.6) is 0 Å². The van der Waals surface area contributed by atoms with Gasteiger partial charge in [0.2, 0.25) is 0 Å². The highest BCUT2D eigenvalue weighted by Crippen LogP contribution is 1.99. The molecule has 0 N–H and O–H groups in total. The van der Waals surface area contributed by atoms with Crippen LogP contribution in [0.3, 0.4) is 0 Å². The Labute approximate surface area is 92.9 Å². The van der Waals surface area contributed by atoms with Crippen molar-refractivity contribution in [3.8, 4) is 0 Å². The molecule has 0 radical (unpaired) electrons. The van der Waals surface area contributed by atoms with Crippen molar-refractivity contribution >= 4 is 16.9 Å². The molecule has 86 valence electrons. The van der Waals surface area contributed by atoms with Crippen LogP contribution in [0.4, 0.5) is 0 Å². The molecule has 0 aliphatic carbocycles. The number of rotatable bonds is 9. The summed E-state index contributed by atoms with van der Waals surface area (Å²) in [5, 5.41) is 3.41. The first-order valence-corrected chi connectivity index (χ1v) is 5.55. The van der Waals surface area contributed by atoms with Gasteiger partial charge in [0.25, 0.3) is 0 Å². The van der Waals surface area contributed by atoms with Gasteiger partial charge in [0, 0.05) is 24.1 Å². The first-order valence-electron chi connectivity index (χ1n) is 4.57. The second-order valence-electron chi connectivity index (χ2n) is 2.52. The highest BCUT2D eigenvalue weighted by Gasteiger charge is 1.94. The lowest BCUT2D eigenvalue weighted by Gasteiger charge is -2.03. The van der Waals surface area contributed by atoms with Crippen molar-refractivity contribution in [3.05, 3.63) is 10.4 Å². The van der Waals surface area contributed by atoms with Crippen LogP contribution in [0.15, 0.2) is 5.11 Å². The van der Waals surface area contributed by atoms with Crippen LogP contribution < -0.4 is 0 Å². The lowest BCUT2D eigenvalue weighted by Crippen LogP contribution is -2.08. The number of azide groups is 1. The molecule has 0 aliphatic heterocycles. The standard InChI is InChI=1S/C8H15N3O3S/c1-8(12)15-7-6-14-5-4-13-3-2-10-11-9/h2-7H2,1H3. The Hall–Kier alpha value is -0.750. The summed E-state index contributed by atoms with van der Waals surface area (Å²) in [6.45, 7) is 3.81. The minimum atomic E-state index is 0.101. The van der Waals surface area contributed by atoms with E-state index in [1.165, 1.54) is 18.7 Å². The maximum atomic E-state index is 10.5. The molecule has 0 aromatic heterocycles. The predicted octanol–water partition coefficient (Wildman–Crippen LogP) is 1.61. The molecule has 0 unspecified atom stereocenters. The van der Waals surface area contributed by atoms with Crippen molar-refractivity contribution in [3.63, 3.8) is 0 Å². The van der Waals surface area contributed by atoms with Crippen LogP contribution in [-0.4, -0.2) is 43.8 Å². The van der Waals surface area contributed by atoms with E-state index in [1.807, 2.05) is 0 Å². The molecule has 0 saturated carbocycles. The van der Waals surface area contributed by atoms with Gasteiger partial charge in [-0.1, -0.05) is 16.9 Å². The molecule has 0 bridgehead atoms. The number of carbonyl (C=O) groups is 1. The summed E-state index contributed by atoms with van der Waals surface area (Å²) in [6.07, 6.45) is 0. The Morgan fingerprint density at radius 1 is 1.33 bits per heavy atom. The number of thioether (sulfide) groups is 1. The van der Waals surface area contributed by atoms with Gasteiger partial charge in [0.15, 0.2) is 5.12 Å². The van der Waals surface area contributed by atoms with Crippen molar-refractivity contribution < 1.29 is 14.3 Å². The summed E-state index contributed by atoms with van der Waals surface area (Å²) >= 11 is 1.25. The van der Waals surface area contributed by atoms with E-state index in [0.29, 0.717) is 38.7 Å². The molecule has 0 amide bonds. The SMILES string of the molecule is CC(=O)SCCOCCOCCN=[N+]=[N-]. The number of hydrogen-bond donors (Lipinski definition) is 0. The van der Waals surface area contributed by atoms with E-state index in [1.54, 1.807) is 0 Å². The maximum absolute atomic E-state index is 10.5. The van der Waals surface area contributed by atoms with Gasteiger partial charge < -0.3 is 9.47 Å². The van der Waals surface area contributed by atoms with E-state index < -0.39 is 0 Å². The molecule has 0 aliphatic rings. The quantitative estimate of drug-likeness (QED) is 0.262. The van der Waals surface area contributed by atoms with Crippen LogP contribution >= 0.6 is 11.8 Å². The maximum Gasteiger partial charge on any atom is 0.185 e. The monoisotopic (exact) mass is 233 g/mol. The molecule has 0 atom stereocenters. The Bertz CT molecular complexity index is 211. The van der Waals surface area contributed by atoms with E-state index in [-0.39, 0.29) is 5.12 Å². The Morgan fingerprint density at radius 3 is 2.60 bits per heavy atom. The average Bonchev–Trinajstić information content (AvgIpc) is 2.20. The van der Waals surface area contributed by atoms with Crippen LogP contribution in [-0.2, 0) is 14.3 Å². The van der Waals surface area contributed by atoms with Crippen LogP contribution in [0, 0.1) is 0 Å². The topological polar surface area (TPSA) is 84.3 Å². The van der Waals surface area contributed by atoms with Gasteiger partial charge >= 0.3 is 0 Å². The second kappa shape index (κ2) is 11.3. The van der Waals surface area contributed by atoms with Crippen molar-refractivity contribution in [2.24, 2.45) is 5.11 Å². The lowest BCUT2D eigenvalue weighted by molar-refractivity contribution is -0.109. The Kier molecular flexibility index (Phi) is 10.8. The van der Waals surface area contributed by atoms with E-state index in [4.69, 9.17) is 15.0 Å². The summed E-state index contributed by atoms with van der Waals surface area (Å²) in [4.78, 5) is 13.1. The highest BCUT2D eigenvalue weighted by molar-refractivity contribution is 8.13. The van der Waals surface area contributed by atoms with Crippen molar-refractivity contribution in [1.29, 1.82) is 0 Å². The third-order valence-corrected chi connectivity index (χ3v) is 2.08. The summed E-state index contributed by atoms with van der Waals surface area (Å²) in [7, 11) is 0. The summed E-state index contributed by atoms with van der Waals surface area (Å²) in [5.74, 6) is 0.675. The Balaban J connectivity index is 2.98. The van der Waals surface area contributed by atoms with Crippen LogP contribution in [0.1, 0.15) is 6.92 Å². The number of hydrogen-bond acceptors (Lipinski definition) is 5. The zero-order chi connectivity index (χ0) is 11.4. The minimum Gasteiger partial charge on any atom is -0.379 e. The predicted molar refractivity (Wildman–Crippen MR) is 58.8 cm³/mol. The molecule has 0 aromatic rings. The van der Waals surface area contributed by atoms with Crippen molar-refractivity contribution in [2.45, 2.75) is 6.92 Å².